The minimum Gasteiger partial charge on any atom is -0.459 e. The summed E-state index contributed by atoms with van der Waals surface area (Å²) in [6, 6.07) is 11.6. The molecule has 3 aliphatic heterocycles. The van der Waals surface area contributed by atoms with Crippen molar-refractivity contribution in [2.75, 3.05) is 39.3 Å². The van der Waals surface area contributed by atoms with Crippen LogP contribution in [0.4, 0.5) is 4.39 Å². The summed E-state index contributed by atoms with van der Waals surface area (Å²) in [6.45, 7) is 8.99. The Balaban J connectivity index is 1.18. The lowest BCUT2D eigenvalue weighted by Crippen LogP contribution is -2.58. The first-order chi connectivity index (χ1) is 16.4. The number of ether oxygens (including phenoxy) is 2. The quantitative estimate of drug-likeness (QED) is 0.648. The largest absolute Gasteiger partial charge is 0.459 e. The summed E-state index contributed by atoms with van der Waals surface area (Å²) in [5.41, 5.74) is 4.74. The molecule has 3 atom stereocenters. The van der Waals surface area contributed by atoms with E-state index < -0.39 is 5.82 Å². The summed E-state index contributed by atoms with van der Waals surface area (Å²) in [5, 5.41) is 9.29. The Labute approximate surface area is 199 Å². The number of nitrogens with zero attached hydrogens (tertiary/aromatic N) is 3. The molecule has 0 N–H and O–H groups in total. The van der Waals surface area contributed by atoms with Gasteiger partial charge < -0.3 is 14.4 Å². The average molecular weight is 464 g/mol. The molecule has 0 saturated carbocycles. The lowest BCUT2D eigenvalue weighted by molar-refractivity contribution is -0.0903. The van der Waals surface area contributed by atoms with E-state index >= 15 is 0 Å². The van der Waals surface area contributed by atoms with Gasteiger partial charge in [-0.1, -0.05) is 18.2 Å². The van der Waals surface area contributed by atoms with E-state index in [9.17, 15) is 14.4 Å². The van der Waals surface area contributed by atoms with Crippen LogP contribution in [0.1, 0.15) is 51.2 Å². The Hall–Kier alpha value is -2.79. The fraction of sp³-hybridized carbons (Fsp3) is 0.481. The van der Waals surface area contributed by atoms with E-state index in [1.54, 1.807) is 13.0 Å². The number of halogens is 1. The lowest BCUT2D eigenvalue weighted by Gasteiger charge is -2.46. The lowest BCUT2D eigenvalue weighted by atomic mass is 9.95. The number of fused-ring (bicyclic) bond motifs is 2. The third-order valence-electron chi connectivity index (χ3n) is 7.42. The number of nitriles is 1. The number of benzene rings is 2. The van der Waals surface area contributed by atoms with Gasteiger partial charge in [0.15, 0.2) is 0 Å². The maximum atomic E-state index is 13.9. The van der Waals surface area contributed by atoms with Crippen LogP contribution in [0, 0.1) is 24.1 Å². The summed E-state index contributed by atoms with van der Waals surface area (Å²) in [5.74, 6) is -0.689. The molecule has 0 amide bonds. The number of esters is 1. The van der Waals surface area contributed by atoms with Crippen LogP contribution < -0.4 is 0 Å². The minimum atomic E-state index is -0.473. The highest BCUT2D eigenvalue weighted by Crippen LogP contribution is 2.31. The Kier molecular flexibility index (Phi) is 6.39. The second-order valence-corrected chi connectivity index (χ2v) is 9.68. The highest BCUT2D eigenvalue weighted by atomic mass is 19.1. The van der Waals surface area contributed by atoms with Gasteiger partial charge in [-0.2, -0.15) is 5.26 Å². The van der Waals surface area contributed by atoms with Crippen LogP contribution in [0.25, 0.3) is 0 Å². The minimum absolute atomic E-state index is 0.0661. The Morgan fingerprint density at radius 3 is 2.88 bits per heavy atom. The third kappa shape index (κ3) is 4.46. The van der Waals surface area contributed by atoms with Crippen molar-refractivity contribution in [3.63, 3.8) is 0 Å². The van der Waals surface area contributed by atoms with Crippen molar-refractivity contribution in [3.8, 4) is 6.07 Å². The van der Waals surface area contributed by atoms with Crippen LogP contribution in [0.2, 0.25) is 0 Å². The van der Waals surface area contributed by atoms with Crippen LogP contribution in [0.5, 0.6) is 0 Å². The zero-order valence-electron chi connectivity index (χ0n) is 19.7. The molecule has 0 spiro atoms. The molecule has 178 valence electrons. The van der Waals surface area contributed by atoms with Gasteiger partial charge in [-0.05, 0) is 54.7 Å². The molecule has 6 nitrogen and oxygen atoms in total. The zero-order chi connectivity index (χ0) is 23.8. The van der Waals surface area contributed by atoms with Crippen LogP contribution >= 0.6 is 0 Å². The molecule has 2 saturated heterocycles. The highest BCUT2D eigenvalue weighted by Gasteiger charge is 2.35. The van der Waals surface area contributed by atoms with Crippen LogP contribution in [-0.4, -0.2) is 67.2 Å². The Morgan fingerprint density at radius 1 is 1.21 bits per heavy atom. The smallest absolute Gasteiger partial charge is 0.338 e. The maximum Gasteiger partial charge on any atom is 0.338 e. The first-order valence-corrected chi connectivity index (χ1v) is 12.0. The standard InChI is InChI=1S/C27H30FN3O3/c1-17-11-20-12-19(3-4-23(20)27(32)34-17)7-8-30-9-10-31-15-26(33-16-21(31)14-30)22-5-6-25(28)24(13-29)18(22)2/h3-6,12,17,21,26H,7-11,14-16H2,1-2H3/t17-,21-,26-/m0/s1. The first-order valence-electron chi connectivity index (χ1n) is 12.0. The van der Waals surface area contributed by atoms with Crippen LogP contribution in [0.3, 0.4) is 0 Å². The van der Waals surface area contributed by atoms with E-state index in [4.69, 9.17) is 9.47 Å². The topological polar surface area (TPSA) is 65.8 Å². The molecule has 0 unspecified atom stereocenters. The molecule has 0 aromatic heterocycles. The number of morpholine rings is 1. The van der Waals surface area contributed by atoms with Gasteiger partial charge in [0, 0.05) is 45.2 Å². The number of cyclic esters (lactones) is 1. The number of rotatable bonds is 4. The zero-order valence-corrected chi connectivity index (χ0v) is 19.7. The van der Waals surface area contributed by atoms with Gasteiger partial charge in [0.2, 0.25) is 0 Å². The van der Waals surface area contributed by atoms with Gasteiger partial charge in [0.25, 0.3) is 0 Å². The normalized spacial score (nSPS) is 25.2. The highest BCUT2D eigenvalue weighted by molar-refractivity contribution is 5.92. The predicted molar refractivity (Wildman–Crippen MR) is 125 cm³/mol. The monoisotopic (exact) mass is 463 g/mol. The molecule has 2 aromatic rings. The number of carbonyl (C=O) groups excluding carboxylic acids is 1. The molecular weight excluding hydrogens is 433 g/mol. The first kappa shape index (κ1) is 23.0. The molecule has 34 heavy (non-hydrogen) atoms. The van der Waals surface area contributed by atoms with Gasteiger partial charge in [0.05, 0.1) is 23.8 Å². The van der Waals surface area contributed by atoms with Crippen molar-refractivity contribution >= 4 is 5.97 Å². The Bertz CT molecular complexity index is 1140. The maximum absolute atomic E-state index is 13.9. The SMILES string of the molecule is Cc1c([C@@H]2CN3CCN(CCc4ccc5c(c4)C[C@H](C)OC5=O)C[C@H]3CO2)ccc(F)c1C#N. The molecular formula is C27H30FN3O3. The van der Waals surface area contributed by atoms with E-state index in [1.807, 2.05) is 25.1 Å². The molecule has 7 heteroatoms. The molecule has 0 bridgehead atoms. The number of piperazine rings is 1. The van der Waals surface area contributed by atoms with E-state index in [-0.39, 0.29) is 23.7 Å². The fourth-order valence-electron chi connectivity index (χ4n) is 5.48. The van der Waals surface area contributed by atoms with Crippen molar-refractivity contribution in [2.24, 2.45) is 0 Å². The summed E-state index contributed by atoms with van der Waals surface area (Å²) >= 11 is 0. The van der Waals surface area contributed by atoms with E-state index in [1.165, 1.54) is 11.6 Å². The van der Waals surface area contributed by atoms with Gasteiger partial charge >= 0.3 is 5.97 Å². The number of carbonyl (C=O) groups is 1. The van der Waals surface area contributed by atoms with Crippen LogP contribution in [-0.2, 0) is 22.3 Å². The Morgan fingerprint density at radius 2 is 2.06 bits per heavy atom. The number of hydrogen-bond acceptors (Lipinski definition) is 6. The van der Waals surface area contributed by atoms with Gasteiger partial charge in [-0.15, -0.1) is 0 Å². The molecule has 0 aliphatic carbocycles. The molecule has 3 aliphatic rings. The van der Waals surface area contributed by atoms with Gasteiger partial charge in [0.1, 0.15) is 18.0 Å². The van der Waals surface area contributed by atoms with Gasteiger partial charge in [-0.25, -0.2) is 9.18 Å². The van der Waals surface area contributed by atoms with E-state index in [0.29, 0.717) is 23.8 Å². The fourth-order valence-corrected chi connectivity index (χ4v) is 5.48. The van der Waals surface area contributed by atoms with Gasteiger partial charge in [-0.3, -0.25) is 4.90 Å². The van der Waals surface area contributed by atoms with E-state index in [0.717, 1.165) is 56.7 Å². The predicted octanol–water partition coefficient (Wildman–Crippen LogP) is 3.41. The molecule has 5 rings (SSSR count). The molecule has 3 heterocycles. The second-order valence-electron chi connectivity index (χ2n) is 9.68. The van der Waals surface area contributed by atoms with Crippen molar-refractivity contribution in [1.29, 1.82) is 5.26 Å². The summed E-state index contributed by atoms with van der Waals surface area (Å²) in [4.78, 5) is 17.0. The van der Waals surface area contributed by atoms with Crippen molar-refractivity contribution in [2.45, 2.75) is 44.9 Å². The van der Waals surface area contributed by atoms with Crippen LogP contribution in [0.15, 0.2) is 30.3 Å². The third-order valence-corrected chi connectivity index (χ3v) is 7.42. The second kappa shape index (κ2) is 9.46. The van der Waals surface area contributed by atoms with Crippen molar-refractivity contribution in [3.05, 3.63) is 69.5 Å². The number of hydrogen-bond donors (Lipinski definition) is 0. The van der Waals surface area contributed by atoms with E-state index in [2.05, 4.69) is 15.9 Å². The molecule has 0 radical (unpaired) electrons. The summed E-state index contributed by atoms with van der Waals surface area (Å²) in [6.07, 6.45) is 1.51. The summed E-state index contributed by atoms with van der Waals surface area (Å²) in [7, 11) is 0. The van der Waals surface area contributed by atoms with Crippen molar-refractivity contribution < 1.29 is 18.7 Å². The van der Waals surface area contributed by atoms with Crippen molar-refractivity contribution in [1.82, 2.24) is 9.80 Å². The average Bonchev–Trinajstić information content (AvgIpc) is 2.82. The summed E-state index contributed by atoms with van der Waals surface area (Å²) < 4.78 is 25.4. The molecule has 2 aromatic carbocycles. The molecule has 2 fully saturated rings.